The van der Waals surface area contributed by atoms with Crippen molar-refractivity contribution in [2.45, 2.75) is 37.7 Å². The summed E-state index contributed by atoms with van der Waals surface area (Å²) in [6, 6.07) is 13.9. The predicted octanol–water partition coefficient (Wildman–Crippen LogP) is 7.14. The van der Waals surface area contributed by atoms with Gasteiger partial charge in [-0.2, -0.15) is 18.2 Å². The lowest BCUT2D eigenvalue weighted by molar-refractivity contribution is -0.322. The van der Waals surface area contributed by atoms with Gasteiger partial charge in [-0.3, -0.25) is 9.63 Å². The second-order valence-electron chi connectivity index (χ2n) is 8.69. The van der Waals surface area contributed by atoms with E-state index in [4.69, 9.17) is 28.0 Å². The van der Waals surface area contributed by atoms with Crippen LogP contribution in [0.1, 0.15) is 45.1 Å². The topological polar surface area (TPSA) is 41.6 Å². The highest BCUT2D eigenvalue weighted by Crippen LogP contribution is 2.54. The van der Waals surface area contributed by atoms with E-state index in [0.29, 0.717) is 22.3 Å². The van der Waals surface area contributed by atoms with E-state index >= 15 is 0 Å². The van der Waals surface area contributed by atoms with Crippen LogP contribution in [0.5, 0.6) is 0 Å². The van der Waals surface area contributed by atoms with Gasteiger partial charge in [0.1, 0.15) is 5.82 Å². The van der Waals surface area contributed by atoms with Crippen LogP contribution in [0.4, 0.5) is 17.6 Å². The third-order valence-corrected chi connectivity index (χ3v) is 6.72. The van der Waals surface area contributed by atoms with E-state index < -0.39 is 36.0 Å². The number of amides is 1. The molecule has 4 rings (SSSR count). The van der Waals surface area contributed by atoms with E-state index in [1.807, 2.05) is 0 Å². The number of nitrogens with one attached hydrogen (secondary N) is 1. The molecule has 4 nitrogen and oxygen atoms in total. The molecular weight excluding hydrogens is 519 g/mol. The minimum absolute atomic E-state index is 0.00218. The lowest BCUT2D eigenvalue weighted by Gasteiger charge is -2.31. The summed E-state index contributed by atoms with van der Waals surface area (Å²) in [4.78, 5) is 18.2. The first kappa shape index (κ1) is 26.4. The van der Waals surface area contributed by atoms with Crippen molar-refractivity contribution in [3.05, 3.63) is 104 Å². The van der Waals surface area contributed by atoms with Gasteiger partial charge in [0.25, 0.3) is 5.91 Å². The van der Waals surface area contributed by atoms with Gasteiger partial charge in [0, 0.05) is 41.2 Å². The number of hydrogen-bond donors (Lipinski definition) is 1. The molecule has 1 aliphatic rings. The van der Waals surface area contributed by atoms with Gasteiger partial charge < -0.3 is 5.32 Å². The molecular formula is C26H22Cl2F4N2O2. The van der Waals surface area contributed by atoms with Gasteiger partial charge in [0.05, 0.1) is 6.04 Å². The van der Waals surface area contributed by atoms with Crippen molar-refractivity contribution >= 4 is 29.1 Å². The Hall–Kier alpha value is -2.65. The van der Waals surface area contributed by atoms with Gasteiger partial charge in [-0.15, -0.1) is 0 Å². The summed E-state index contributed by atoms with van der Waals surface area (Å²) in [5.41, 5.74) is -1.07. The molecule has 3 aromatic rings. The minimum atomic E-state index is -4.76. The predicted molar refractivity (Wildman–Crippen MR) is 129 cm³/mol. The molecule has 2 unspecified atom stereocenters. The number of carbonyl (C=O) groups excluding carboxylic acids is 1. The lowest BCUT2D eigenvalue weighted by atomic mass is 9.85. The average molecular weight is 541 g/mol. The summed E-state index contributed by atoms with van der Waals surface area (Å²) < 4.78 is 57.1. The van der Waals surface area contributed by atoms with Gasteiger partial charge in [-0.25, -0.2) is 4.39 Å². The van der Waals surface area contributed by atoms with E-state index in [2.05, 4.69) is 5.32 Å². The maximum absolute atomic E-state index is 14.4. The van der Waals surface area contributed by atoms with Crippen LogP contribution in [0.2, 0.25) is 10.0 Å². The Morgan fingerprint density at radius 1 is 1.11 bits per heavy atom. The maximum atomic E-state index is 14.4. The number of nitrogens with zero attached hydrogens (tertiary/aromatic N) is 1. The standard InChI is InChI=1S/C26H22Cl2F4N2O2/c1-15-9-16(7-8-21(15)24(35)33-14-17-5-3-4-6-22(17)29)23-13-25(26(30,31)32,36-34(23)2)18-10-19(27)12-20(28)11-18/h3-12,23H,13-14H2,1-2H3,(H,33,35). The SMILES string of the molecule is Cc1cc(C2CC(c3cc(Cl)cc(Cl)c3)(C(F)(F)F)ON2C)ccc1C(=O)NCc1ccccc1F. The fraction of sp³-hybridized carbons (Fsp3) is 0.269. The summed E-state index contributed by atoms with van der Waals surface area (Å²) in [5, 5.41) is 3.97. The zero-order valence-corrected chi connectivity index (χ0v) is 20.8. The van der Waals surface area contributed by atoms with E-state index in [1.54, 1.807) is 43.3 Å². The van der Waals surface area contributed by atoms with Crippen molar-refractivity contribution in [2.24, 2.45) is 0 Å². The summed E-state index contributed by atoms with van der Waals surface area (Å²) in [6.07, 6.45) is -5.20. The van der Waals surface area contributed by atoms with Crippen molar-refractivity contribution in [3.63, 3.8) is 0 Å². The van der Waals surface area contributed by atoms with Crippen LogP contribution in [0.3, 0.4) is 0 Å². The second-order valence-corrected chi connectivity index (χ2v) is 9.56. The highest BCUT2D eigenvalue weighted by molar-refractivity contribution is 6.34. The van der Waals surface area contributed by atoms with Gasteiger partial charge in [0.2, 0.25) is 5.60 Å². The highest BCUT2D eigenvalue weighted by Gasteiger charge is 2.63. The van der Waals surface area contributed by atoms with Crippen LogP contribution in [0.15, 0.2) is 60.7 Å². The molecule has 1 N–H and O–H groups in total. The summed E-state index contributed by atoms with van der Waals surface area (Å²) in [5.74, 6) is -0.847. The number of halogens is 6. The number of rotatable bonds is 5. The van der Waals surface area contributed by atoms with Gasteiger partial charge in [-0.1, -0.05) is 53.5 Å². The van der Waals surface area contributed by atoms with E-state index in [-0.39, 0.29) is 22.2 Å². The zero-order valence-electron chi connectivity index (χ0n) is 19.3. The largest absolute Gasteiger partial charge is 0.423 e. The van der Waals surface area contributed by atoms with Crippen LogP contribution in [-0.4, -0.2) is 24.2 Å². The molecule has 2 atom stereocenters. The third-order valence-electron chi connectivity index (χ3n) is 6.28. The molecule has 1 saturated heterocycles. The van der Waals surface area contributed by atoms with Crippen molar-refractivity contribution in [3.8, 4) is 0 Å². The first-order valence-corrected chi connectivity index (χ1v) is 11.7. The first-order valence-electron chi connectivity index (χ1n) is 11.0. The first-order chi connectivity index (χ1) is 16.9. The number of benzene rings is 3. The van der Waals surface area contributed by atoms with Gasteiger partial charge in [0.15, 0.2) is 0 Å². The van der Waals surface area contributed by atoms with Crippen molar-refractivity contribution in [2.75, 3.05) is 7.05 Å². The summed E-state index contributed by atoms with van der Waals surface area (Å²) in [6.45, 7) is 1.69. The van der Waals surface area contributed by atoms with Gasteiger partial charge in [-0.05, 0) is 53.9 Å². The number of hydroxylamine groups is 2. The van der Waals surface area contributed by atoms with E-state index in [9.17, 15) is 22.4 Å². The van der Waals surface area contributed by atoms with Crippen LogP contribution in [0.25, 0.3) is 0 Å². The van der Waals surface area contributed by atoms with Crippen LogP contribution >= 0.6 is 23.2 Å². The zero-order chi connectivity index (χ0) is 26.3. The number of carbonyl (C=O) groups is 1. The van der Waals surface area contributed by atoms with E-state index in [0.717, 1.165) is 5.06 Å². The fourth-order valence-corrected chi connectivity index (χ4v) is 4.95. The molecule has 10 heteroatoms. The fourth-order valence-electron chi connectivity index (χ4n) is 4.43. The van der Waals surface area contributed by atoms with Crippen molar-refractivity contribution < 1.29 is 27.2 Å². The average Bonchev–Trinajstić information content (AvgIpc) is 3.16. The molecule has 0 saturated carbocycles. The highest BCUT2D eigenvalue weighted by atomic mass is 35.5. The Morgan fingerprint density at radius 2 is 1.78 bits per heavy atom. The molecule has 3 aromatic carbocycles. The van der Waals surface area contributed by atoms with Crippen molar-refractivity contribution in [1.82, 2.24) is 10.4 Å². The van der Waals surface area contributed by atoms with E-state index in [1.165, 1.54) is 31.3 Å². The molecule has 0 radical (unpaired) electrons. The monoisotopic (exact) mass is 540 g/mol. The van der Waals surface area contributed by atoms with Crippen molar-refractivity contribution in [1.29, 1.82) is 0 Å². The quantitative estimate of drug-likeness (QED) is 0.350. The molecule has 0 bridgehead atoms. The van der Waals surface area contributed by atoms with Gasteiger partial charge >= 0.3 is 6.18 Å². The Morgan fingerprint density at radius 3 is 2.39 bits per heavy atom. The Balaban J connectivity index is 1.59. The molecule has 36 heavy (non-hydrogen) atoms. The Bertz CT molecular complexity index is 1280. The number of aryl methyl sites for hydroxylation is 1. The van der Waals surface area contributed by atoms with Crippen LogP contribution in [0, 0.1) is 12.7 Å². The molecule has 1 heterocycles. The maximum Gasteiger partial charge on any atom is 0.423 e. The van der Waals surface area contributed by atoms with Crippen LogP contribution in [-0.2, 0) is 17.0 Å². The molecule has 1 amide bonds. The Labute approximate surface area is 215 Å². The lowest BCUT2D eigenvalue weighted by Crippen LogP contribution is -2.42. The molecule has 190 valence electrons. The number of hydrogen-bond acceptors (Lipinski definition) is 3. The normalized spacial score (nSPS) is 20.5. The molecule has 0 aromatic heterocycles. The summed E-state index contributed by atoms with van der Waals surface area (Å²) >= 11 is 12.0. The molecule has 1 aliphatic heterocycles. The second kappa shape index (κ2) is 10.0. The molecule has 0 aliphatic carbocycles. The molecule has 1 fully saturated rings. The third kappa shape index (κ3) is 5.09. The molecule has 0 spiro atoms. The number of alkyl halides is 3. The van der Waals surface area contributed by atoms with Crippen LogP contribution < -0.4 is 5.32 Å². The minimum Gasteiger partial charge on any atom is -0.348 e. The smallest absolute Gasteiger partial charge is 0.348 e. The summed E-state index contributed by atoms with van der Waals surface area (Å²) in [7, 11) is 1.43. The Kier molecular flexibility index (Phi) is 7.35.